The van der Waals surface area contributed by atoms with Crippen LogP contribution in [0.15, 0.2) is 36.4 Å². The third-order valence-electron chi connectivity index (χ3n) is 3.25. The van der Waals surface area contributed by atoms with Crippen LogP contribution in [0.4, 0.5) is 11.4 Å². The lowest BCUT2D eigenvalue weighted by atomic mass is 10.1. The fourth-order valence-electron chi connectivity index (χ4n) is 1.98. The van der Waals surface area contributed by atoms with Crippen molar-refractivity contribution in [2.45, 2.75) is 19.9 Å². The molecule has 0 aliphatic carbocycles. The van der Waals surface area contributed by atoms with E-state index in [1.807, 2.05) is 19.9 Å². The van der Waals surface area contributed by atoms with Crippen LogP contribution in [0.5, 0.6) is 0 Å². The van der Waals surface area contributed by atoms with Gasteiger partial charge in [-0.2, -0.15) is 0 Å². The van der Waals surface area contributed by atoms with E-state index in [1.165, 1.54) is 12.1 Å². The second-order valence-electron chi connectivity index (χ2n) is 4.80. The van der Waals surface area contributed by atoms with Gasteiger partial charge in [0.15, 0.2) is 0 Å². The summed E-state index contributed by atoms with van der Waals surface area (Å²) < 4.78 is 0. The summed E-state index contributed by atoms with van der Waals surface area (Å²) >= 11 is 11.9. The number of non-ortho nitro benzene ring substituents is 1. The molecule has 0 bridgehead atoms. The monoisotopic (exact) mass is 324 g/mol. The molecule has 6 heteroatoms. The maximum Gasteiger partial charge on any atom is 0.271 e. The number of nitro groups is 1. The van der Waals surface area contributed by atoms with Gasteiger partial charge in [0.05, 0.1) is 15.0 Å². The summed E-state index contributed by atoms with van der Waals surface area (Å²) in [5.41, 5.74) is 2.68. The van der Waals surface area contributed by atoms with E-state index in [4.69, 9.17) is 23.2 Å². The number of aryl methyl sites for hydroxylation is 1. The normalized spacial score (nSPS) is 12.0. The predicted octanol–water partition coefficient (Wildman–Crippen LogP) is 5.38. The Balaban J connectivity index is 2.26. The molecule has 0 aliphatic heterocycles. The second-order valence-corrected chi connectivity index (χ2v) is 5.61. The third kappa shape index (κ3) is 3.65. The topological polar surface area (TPSA) is 55.2 Å². The molecule has 2 aromatic rings. The maximum absolute atomic E-state index is 10.8. The molecule has 0 aromatic heterocycles. The quantitative estimate of drug-likeness (QED) is 0.606. The summed E-state index contributed by atoms with van der Waals surface area (Å²) in [6.07, 6.45) is 0. The van der Waals surface area contributed by atoms with Gasteiger partial charge in [-0.1, -0.05) is 35.3 Å². The van der Waals surface area contributed by atoms with Crippen molar-refractivity contribution in [3.63, 3.8) is 0 Å². The molecule has 0 amide bonds. The fraction of sp³-hybridized carbons (Fsp3) is 0.200. The van der Waals surface area contributed by atoms with E-state index in [9.17, 15) is 10.1 Å². The molecule has 21 heavy (non-hydrogen) atoms. The Hall–Kier alpha value is -1.78. The van der Waals surface area contributed by atoms with Crippen LogP contribution in [0.2, 0.25) is 10.0 Å². The molecule has 110 valence electrons. The molecule has 0 radical (unpaired) electrons. The van der Waals surface area contributed by atoms with Gasteiger partial charge in [0.1, 0.15) is 0 Å². The van der Waals surface area contributed by atoms with Crippen molar-refractivity contribution >= 4 is 34.6 Å². The van der Waals surface area contributed by atoms with Gasteiger partial charge in [0.2, 0.25) is 0 Å². The van der Waals surface area contributed by atoms with Gasteiger partial charge < -0.3 is 5.32 Å². The number of halogens is 2. The molecule has 0 fully saturated rings. The number of nitrogens with zero attached hydrogens (tertiary/aromatic N) is 1. The molecule has 2 rings (SSSR count). The van der Waals surface area contributed by atoms with Crippen LogP contribution in [0.25, 0.3) is 0 Å². The van der Waals surface area contributed by atoms with Crippen molar-refractivity contribution in [2.75, 3.05) is 5.32 Å². The van der Waals surface area contributed by atoms with Crippen molar-refractivity contribution in [1.29, 1.82) is 0 Å². The molecule has 0 heterocycles. The molecule has 1 N–H and O–H groups in total. The first-order valence-corrected chi connectivity index (χ1v) is 7.10. The Morgan fingerprint density at radius 2 is 1.86 bits per heavy atom. The lowest BCUT2D eigenvalue weighted by Gasteiger charge is -2.17. The van der Waals surface area contributed by atoms with Crippen molar-refractivity contribution < 1.29 is 4.92 Å². The number of nitrogens with one attached hydrogen (secondary N) is 1. The van der Waals surface area contributed by atoms with E-state index >= 15 is 0 Å². The Bertz CT molecular complexity index is 689. The van der Waals surface area contributed by atoms with Gasteiger partial charge in [0.25, 0.3) is 5.69 Å². The standard InChI is InChI=1S/C15H14Cl2N2O2/c1-9-3-5-12(19(20)21)8-15(9)18-10(2)11-4-6-13(16)14(17)7-11/h3-8,10,18H,1-2H3. The van der Waals surface area contributed by atoms with Crippen molar-refractivity contribution in [1.82, 2.24) is 0 Å². The lowest BCUT2D eigenvalue weighted by Crippen LogP contribution is -2.08. The minimum Gasteiger partial charge on any atom is -0.378 e. The van der Waals surface area contributed by atoms with E-state index in [-0.39, 0.29) is 11.7 Å². The first-order chi connectivity index (χ1) is 9.88. The maximum atomic E-state index is 10.8. The average molecular weight is 325 g/mol. The number of anilines is 1. The molecule has 0 saturated heterocycles. The molecule has 1 unspecified atom stereocenters. The van der Waals surface area contributed by atoms with E-state index < -0.39 is 4.92 Å². The fourth-order valence-corrected chi connectivity index (χ4v) is 2.28. The van der Waals surface area contributed by atoms with Crippen LogP contribution in [0.1, 0.15) is 24.1 Å². The summed E-state index contributed by atoms with van der Waals surface area (Å²) in [6, 6.07) is 10.1. The summed E-state index contributed by atoms with van der Waals surface area (Å²) in [5.74, 6) is 0. The smallest absolute Gasteiger partial charge is 0.271 e. The molecular formula is C15H14Cl2N2O2. The Morgan fingerprint density at radius 3 is 2.48 bits per heavy atom. The first-order valence-electron chi connectivity index (χ1n) is 6.35. The molecule has 2 aromatic carbocycles. The summed E-state index contributed by atoms with van der Waals surface area (Å²) in [5, 5.41) is 15.1. The highest BCUT2D eigenvalue weighted by molar-refractivity contribution is 6.42. The van der Waals surface area contributed by atoms with E-state index in [0.29, 0.717) is 10.0 Å². The van der Waals surface area contributed by atoms with Crippen LogP contribution in [-0.2, 0) is 0 Å². The highest BCUT2D eigenvalue weighted by Gasteiger charge is 2.12. The van der Waals surface area contributed by atoms with E-state index in [2.05, 4.69) is 5.32 Å². The SMILES string of the molecule is Cc1ccc([N+](=O)[O-])cc1NC(C)c1ccc(Cl)c(Cl)c1. The number of rotatable bonds is 4. The highest BCUT2D eigenvalue weighted by atomic mass is 35.5. The molecule has 0 aliphatic rings. The van der Waals surface area contributed by atoms with Gasteiger partial charge >= 0.3 is 0 Å². The highest BCUT2D eigenvalue weighted by Crippen LogP contribution is 2.29. The number of nitro benzene ring substituents is 1. The summed E-state index contributed by atoms with van der Waals surface area (Å²) in [6.45, 7) is 3.85. The molecule has 4 nitrogen and oxygen atoms in total. The van der Waals surface area contributed by atoms with Crippen LogP contribution in [-0.4, -0.2) is 4.92 Å². The van der Waals surface area contributed by atoms with Gasteiger partial charge in [0, 0.05) is 23.9 Å². The molecular weight excluding hydrogens is 311 g/mol. The number of benzene rings is 2. The molecule has 1 atom stereocenters. The molecule has 0 saturated carbocycles. The predicted molar refractivity (Wildman–Crippen MR) is 86.3 cm³/mol. The van der Waals surface area contributed by atoms with Crippen molar-refractivity contribution in [2.24, 2.45) is 0 Å². The van der Waals surface area contributed by atoms with Gasteiger partial charge in [-0.3, -0.25) is 10.1 Å². The summed E-state index contributed by atoms with van der Waals surface area (Å²) in [4.78, 5) is 10.4. The van der Waals surface area contributed by atoms with Crippen LogP contribution < -0.4 is 5.32 Å². The Kier molecular flexibility index (Phi) is 4.70. The van der Waals surface area contributed by atoms with Crippen LogP contribution in [0, 0.1) is 17.0 Å². The van der Waals surface area contributed by atoms with Crippen LogP contribution >= 0.6 is 23.2 Å². The van der Waals surface area contributed by atoms with E-state index in [0.717, 1.165) is 16.8 Å². The Labute approximate surface area is 132 Å². The van der Waals surface area contributed by atoms with Crippen molar-refractivity contribution in [3.05, 3.63) is 67.7 Å². The number of hydrogen-bond donors (Lipinski definition) is 1. The molecule has 0 spiro atoms. The van der Waals surface area contributed by atoms with Crippen LogP contribution in [0.3, 0.4) is 0 Å². The van der Waals surface area contributed by atoms with E-state index in [1.54, 1.807) is 18.2 Å². The Morgan fingerprint density at radius 1 is 1.14 bits per heavy atom. The minimum absolute atomic E-state index is 0.0551. The van der Waals surface area contributed by atoms with Crippen molar-refractivity contribution in [3.8, 4) is 0 Å². The second kappa shape index (κ2) is 6.33. The minimum atomic E-state index is -0.408. The zero-order valence-electron chi connectivity index (χ0n) is 11.6. The lowest BCUT2D eigenvalue weighted by molar-refractivity contribution is -0.384. The summed E-state index contributed by atoms with van der Waals surface area (Å²) in [7, 11) is 0. The number of hydrogen-bond acceptors (Lipinski definition) is 3. The zero-order valence-corrected chi connectivity index (χ0v) is 13.1. The largest absolute Gasteiger partial charge is 0.378 e. The first kappa shape index (κ1) is 15.6. The zero-order chi connectivity index (χ0) is 15.6. The van der Waals surface area contributed by atoms with Gasteiger partial charge in [-0.05, 0) is 37.1 Å². The third-order valence-corrected chi connectivity index (χ3v) is 3.99. The van der Waals surface area contributed by atoms with Gasteiger partial charge in [-0.25, -0.2) is 0 Å². The average Bonchev–Trinajstić information content (AvgIpc) is 2.43. The van der Waals surface area contributed by atoms with Gasteiger partial charge in [-0.15, -0.1) is 0 Å².